The van der Waals surface area contributed by atoms with Crippen LogP contribution in [0.25, 0.3) is 0 Å². The van der Waals surface area contributed by atoms with Crippen molar-refractivity contribution in [1.29, 1.82) is 0 Å². The third-order valence-corrected chi connectivity index (χ3v) is 5.44. The second-order valence-corrected chi connectivity index (χ2v) is 7.42. The van der Waals surface area contributed by atoms with E-state index in [-0.39, 0.29) is 0 Å². The molecular weight excluding hydrogens is 268 g/mol. The quantitative estimate of drug-likeness (QED) is 0.525. The van der Waals surface area contributed by atoms with E-state index in [1.54, 1.807) is 10.8 Å². The van der Waals surface area contributed by atoms with Gasteiger partial charge in [0, 0.05) is 28.1 Å². The lowest BCUT2D eigenvalue weighted by atomic mass is 10.2. The Morgan fingerprint density at radius 3 is 2.76 bits per heavy atom. The summed E-state index contributed by atoms with van der Waals surface area (Å²) in [6.45, 7) is 2.17. The molecule has 0 aliphatic carbocycles. The molecule has 1 aromatic carbocycles. The summed E-state index contributed by atoms with van der Waals surface area (Å²) in [7, 11) is 2.78. The van der Waals surface area contributed by atoms with Gasteiger partial charge in [0.25, 0.3) is 0 Å². The molecule has 0 heterocycles. The number of hydrogen-bond acceptors (Lipinski definition) is 3. The summed E-state index contributed by atoms with van der Waals surface area (Å²) in [4.78, 5) is 0. The van der Waals surface area contributed by atoms with Crippen LogP contribution in [0.15, 0.2) is 41.8 Å². The highest BCUT2D eigenvalue weighted by molar-refractivity contribution is 8.77. The lowest BCUT2D eigenvalue weighted by Gasteiger charge is -1.99. The summed E-state index contributed by atoms with van der Waals surface area (Å²) in [6.07, 6.45) is 3.21. The zero-order valence-electron chi connectivity index (χ0n) is 10.0. The van der Waals surface area contributed by atoms with E-state index >= 15 is 0 Å². The van der Waals surface area contributed by atoms with Crippen LogP contribution in [0.1, 0.15) is 18.9 Å². The SMILES string of the molecule is CCCSSC=CCS(=O)Cc1ccccc1. The van der Waals surface area contributed by atoms with Gasteiger partial charge in [-0.25, -0.2) is 0 Å². The molecular formula is C13H18OS3. The van der Waals surface area contributed by atoms with Crippen molar-refractivity contribution in [3.05, 3.63) is 47.4 Å². The van der Waals surface area contributed by atoms with Crippen LogP contribution < -0.4 is 0 Å². The van der Waals surface area contributed by atoms with Crippen LogP contribution in [0.4, 0.5) is 0 Å². The van der Waals surface area contributed by atoms with Crippen molar-refractivity contribution in [2.75, 3.05) is 11.5 Å². The first-order valence-corrected chi connectivity index (χ1v) is 9.52. The Balaban J connectivity index is 2.17. The molecule has 0 amide bonds. The van der Waals surface area contributed by atoms with Gasteiger partial charge in [-0.05, 0) is 17.4 Å². The number of hydrogen-bond donors (Lipinski definition) is 0. The highest BCUT2D eigenvalue weighted by Crippen LogP contribution is 2.22. The minimum atomic E-state index is -0.788. The van der Waals surface area contributed by atoms with E-state index < -0.39 is 10.8 Å². The molecule has 0 fully saturated rings. The third-order valence-electron chi connectivity index (χ3n) is 1.96. The summed E-state index contributed by atoms with van der Waals surface area (Å²) in [5, 5.41) is 2.04. The van der Waals surface area contributed by atoms with Crippen LogP contribution in [-0.2, 0) is 16.6 Å². The van der Waals surface area contributed by atoms with Gasteiger partial charge in [-0.2, -0.15) is 0 Å². The molecule has 1 rings (SSSR count). The maximum atomic E-state index is 11.7. The van der Waals surface area contributed by atoms with Crippen molar-refractivity contribution >= 4 is 32.4 Å². The summed E-state index contributed by atoms with van der Waals surface area (Å²) >= 11 is 0. The van der Waals surface area contributed by atoms with E-state index in [1.807, 2.05) is 52.6 Å². The van der Waals surface area contributed by atoms with Crippen LogP contribution >= 0.6 is 21.6 Å². The van der Waals surface area contributed by atoms with Crippen LogP contribution in [-0.4, -0.2) is 15.7 Å². The smallest absolute Gasteiger partial charge is 0.0488 e. The topological polar surface area (TPSA) is 17.1 Å². The first-order valence-electron chi connectivity index (χ1n) is 5.65. The Bertz CT molecular complexity index is 349. The monoisotopic (exact) mass is 286 g/mol. The Labute approximate surface area is 114 Å². The van der Waals surface area contributed by atoms with Gasteiger partial charge in [-0.1, -0.05) is 64.9 Å². The van der Waals surface area contributed by atoms with Gasteiger partial charge in [0.1, 0.15) is 0 Å². The highest BCUT2D eigenvalue weighted by atomic mass is 33.1. The van der Waals surface area contributed by atoms with Gasteiger partial charge in [0.05, 0.1) is 0 Å². The predicted octanol–water partition coefficient (Wildman–Crippen LogP) is 4.24. The van der Waals surface area contributed by atoms with Crippen LogP contribution in [0.5, 0.6) is 0 Å². The molecule has 1 nitrogen and oxygen atoms in total. The third kappa shape index (κ3) is 7.68. The number of benzene rings is 1. The molecule has 0 N–H and O–H groups in total. The van der Waals surface area contributed by atoms with Gasteiger partial charge in [0.15, 0.2) is 0 Å². The fraction of sp³-hybridized carbons (Fsp3) is 0.385. The molecule has 0 spiro atoms. The molecule has 1 atom stereocenters. The first-order chi connectivity index (χ1) is 8.33. The first kappa shape index (κ1) is 14.9. The fourth-order valence-electron chi connectivity index (χ4n) is 1.18. The van der Waals surface area contributed by atoms with E-state index in [9.17, 15) is 4.21 Å². The van der Waals surface area contributed by atoms with E-state index in [0.717, 1.165) is 5.56 Å². The standard InChI is InChI=1S/C13H18OS3/c1-2-9-15-16-10-6-11-17(14)12-13-7-4-3-5-8-13/h3-8,10H,2,9,11-12H2,1H3. The molecule has 0 saturated carbocycles. The van der Waals surface area contributed by atoms with Crippen LogP contribution in [0.3, 0.4) is 0 Å². The van der Waals surface area contributed by atoms with E-state index in [2.05, 4.69) is 6.92 Å². The molecule has 0 aliphatic rings. The lowest BCUT2D eigenvalue weighted by Crippen LogP contribution is -1.98. The van der Waals surface area contributed by atoms with Gasteiger partial charge in [-0.15, -0.1) is 0 Å². The molecule has 0 saturated heterocycles. The summed E-state index contributed by atoms with van der Waals surface area (Å²) in [6, 6.07) is 9.99. The Kier molecular flexibility index (Phi) is 8.57. The molecule has 94 valence electrons. The minimum Gasteiger partial charge on any atom is -0.259 e. The molecule has 1 unspecified atom stereocenters. The van der Waals surface area contributed by atoms with E-state index in [4.69, 9.17) is 0 Å². The second-order valence-electron chi connectivity index (χ2n) is 3.53. The average Bonchev–Trinajstić information content (AvgIpc) is 2.35. The molecule has 0 aliphatic heterocycles. The van der Waals surface area contributed by atoms with E-state index in [1.165, 1.54) is 12.2 Å². The van der Waals surface area contributed by atoms with Crippen LogP contribution in [0.2, 0.25) is 0 Å². The Morgan fingerprint density at radius 2 is 2.06 bits per heavy atom. The summed E-state index contributed by atoms with van der Waals surface area (Å²) < 4.78 is 11.7. The maximum Gasteiger partial charge on any atom is 0.0488 e. The van der Waals surface area contributed by atoms with Crippen molar-refractivity contribution in [3.8, 4) is 0 Å². The Hall–Kier alpha value is -0.190. The van der Waals surface area contributed by atoms with Crippen molar-refractivity contribution in [2.45, 2.75) is 19.1 Å². The zero-order valence-corrected chi connectivity index (χ0v) is 12.5. The van der Waals surface area contributed by atoms with Crippen molar-refractivity contribution in [1.82, 2.24) is 0 Å². The predicted molar refractivity (Wildman–Crippen MR) is 82.6 cm³/mol. The van der Waals surface area contributed by atoms with Crippen molar-refractivity contribution in [2.24, 2.45) is 0 Å². The Morgan fingerprint density at radius 1 is 1.29 bits per heavy atom. The molecule has 0 bridgehead atoms. The van der Waals surface area contributed by atoms with Crippen molar-refractivity contribution < 1.29 is 4.21 Å². The highest BCUT2D eigenvalue weighted by Gasteiger charge is 1.98. The second kappa shape index (κ2) is 9.80. The maximum absolute atomic E-state index is 11.7. The van der Waals surface area contributed by atoms with Gasteiger partial charge < -0.3 is 0 Å². The van der Waals surface area contributed by atoms with Gasteiger partial charge in [0.2, 0.25) is 0 Å². The molecule has 0 aromatic heterocycles. The summed E-state index contributed by atoms with van der Waals surface area (Å²) in [5.41, 5.74) is 1.15. The average molecular weight is 286 g/mol. The van der Waals surface area contributed by atoms with Gasteiger partial charge >= 0.3 is 0 Å². The van der Waals surface area contributed by atoms with E-state index in [0.29, 0.717) is 11.5 Å². The zero-order chi connectivity index (χ0) is 12.3. The normalized spacial score (nSPS) is 13.0. The fourth-order valence-corrected chi connectivity index (χ4v) is 4.07. The van der Waals surface area contributed by atoms with Gasteiger partial charge in [-0.3, -0.25) is 4.21 Å². The lowest BCUT2D eigenvalue weighted by molar-refractivity contribution is 0.684. The van der Waals surface area contributed by atoms with Crippen LogP contribution in [0, 0.1) is 0 Å². The summed E-state index contributed by atoms with van der Waals surface area (Å²) in [5.74, 6) is 2.47. The van der Waals surface area contributed by atoms with Crippen molar-refractivity contribution in [3.63, 3.8) is 0 Å². The largest absolute Gasteiger partial charge is 0.259 e. The molecule has 4 heteroatoms. The molecule has 0 radical (unpaired) electrons. The molecule has 17 heavy (non-hydrogen) atoms. The number of rotatable bonds is 8. The minimum absolute atomic E-state index is 0.647. The molecule has 1 aromatic rings.